The second kappa shape index (κ2) is 4.24. The zero-order valence-electron chi connectivity index (χ0n) is 7.51. The maximum absolute atomic E-state index is 6.12. The number of rotatable bonds is 2. The molecule has 1 nitrogen and oxygen atoms in total. The third-order valence-electron chi connectivity index (χ3n) is 1.89. The van der Waals surface area contributed by atoms with Gasteiger partial charge in [-0.05, 0) is 47.0 Å². The van der Waals surface area contributed by atoms with Crippen molar-refractivity contribution >= 4 is 55.6 Å². The maximum atomic E-state index is 6.12. The van der Waals surface area contributed by atoms with Crippen LogP contribution in [0.25, 0.3) is 10.1 Å². The molecule has 2 rings (SSSR count). The fraction of sp³-hybridized carbons (Fsp3) is 0.200. The Morgan fingerprint density at radius 1 is 1.57 bits per heavy atom. The van der Waals surface area contributed by atoms with Crippen LogP contribution in [0, 0.1) is 3.57 Å². The van der Waals surface area contributed by atoms with Crippen LogP contribution in [0.3, 0.4) is 0 Å². The molecule has 0 unspecified atom stereocenters. The molecule has 0 aliphatic heterocycles. The van der Waals surface area contributed by atoms with Crippen LogP contribution in [0.2, 0.25) is 5.02 Å². The van der Waals surface area contributed by atoms with Crippen molar-refractivity contribution in [2.75, 3.05) is 6.61 Å². The Balaban J connectivity index is 2.73. The van der Waals surface area contributed by atoms with Gasteiger partial charge >= 0.3 is 0 Å². The quantitative estimate of drug-likeness (QED) is 0.730. The molecule has 0 fully saturated rings. The molecule has 0 saturated heterocycles. The minimum Gasteiger partial charge on any atom is -0.491 e. The van der Waals surface area contributed by atoms with Gasteiger partial charge in [-0.2, -0.15) is 0 Å². The molecule has 4 heteroatoms. The van der Waals surface area contributed by atoms with E-state index in [4.69, 9.17) is 16.3 Å². The zero-order valence-corrected chi connectivity index (χ0v) is 11.2. The van der Waals surface area contributed by atoms with Crippen molar-refractivity contribution in [2.45, 2.75) is 6.92 Å². The predicted octanol–water partition coefficient (Wildman–Crippen LogP) is 4.56. The van der Waals surface area contributed by atoms with E-state index in [-0.39, 0.29) is 0 Å². The van der Waals surface area contributed by atoms with Crippen LogP contribution in [-0.4, -0.2) is 6.61 Å². The number of benzene rings is 1. The van der Waals surface area contributed by atoms with Gasteiger partial charge in [-0.15, -0.1) is 11.3 Å². The van der Waals surface area contributed by atoms with Crippen molar-refractivity contribution in [3.63, 3.8) is 0 Å². The first-order valence-corrected chi connectivity index (χ1v) is 6.55. The predicted molar refractivity (Wildman–Crippen MR) is 70.7 cm³/mol. The molecule has 0 atom stereocenters. The maximum Gasteiger partial charge on any atom is 0.155 e. The molecule has 0 bridgehead atoms. The molecule has 74 valence electrons. The van der Waals surface area contributed by atoms with Crippen molar-refractivity contribution in [2.24, 2.45) is 0 Å². The molecule has 0 aliphatic rings. The highest BCUT2D eigenvalue weighted by Crippen LogP contribution is 2.39. The third kappa shape index (κ3) is 1.73. The van der Waals surface area contributed by atoms with E-state index >= 15 is 0 Å². The van der Waals surface area contributed by atoms with Gasteiger partial charge in [0.15, 0.2) is 5.75 Å². The summed E-state index contributed by atoms with van der Waals surface area (Å²) in [5.74, 6) is 0.819. The van der Waals surface area contributed by atoms with Crippen molar-refractivity contribution in [1.29, 1.82) is 0 Å². The van der Waals surface area contributed by atoms with Gasteiger partial charge in [0.25, 0.3) is 0 Å². The first kappa shape index (κ1) is 10.5. The zero-order chi connectivity index (χ0) is 10.1. The van der Waals surface area contributed by atoms with Gasteiger partial charge in [0.05, 0.1) is 16.3 Å². The number of hydrogen-bond acceptors (Lipinski definition) is 2. The van der Waals surface area contributed by atoms with Crippen molar-refractivity contribution in [3.05, 3.63) is 26.1 Å². The van der Waals surface area contributed by atoms with Gasteiger partial charge in [-0.3, -0.25) is 0 Å². The van der Waals surface area contributed by atoms with E-state index < -0.39 is 0 Å². The summed E-state index contributed by atoms with van der Waals surface area (Å²) in [7, 11) is 0. The van der Waals surface area contributed by atoms with Gasteiger partial charge in [-0.1, -0.05) is 11.6 Å². The Kier molecular flexibility index (Phi) is 3.19. The third-order valence-corrected chi connectivity index (χ3v) is 3.97. The summed E-state index contributed by atoms with van der Waals surface area (Å²) in [5.41, 5.74) is 0. The van der Waals surface area contributed by atoms with Crippen LogP contribution in [0.5, 0.6) is 5.75 Å². The number of fused-ring (bicyclic) bond motifs is 1. The SMILES string of the molecule is CCOc1c(Cl)cc(I)c2ccsc12. The van der Waals surface area contributed by atoms with Crippen molar-refractivity contribution in [3.8, 4) is 5.75 Å². The first-order chi connectivity index (χ1) is 6.74. The molecule has 1 heterocycles. The minimum absolute atomic E-state index is 0.646. The van der Waals surface area contributed by atoms with E-state index in [2.05, 4.69) is 34.0 Å². The van der Waals surface area contributed by atoms with E-state index in [9.17, 15) is 0 Å². The van der Waals surface area contributed by atoms with Gasteiger partial charge < -0.3 is 4.74 Å². The van der Waals surface area contributed by atoms with Crippen molar-refractivity contribution < 1.29 is 4.74 Å². The van der Waals surface area contributed by atoms with Crippen LogP contribution in [0.1, 0.15) is 6.92 Å². The molecule has 0 radical (unpaired) electrons. The smallest absolute Gasteiger partial charge is 0.155 e. The average molecular weight is 339 g/mol. The average Bonchev–Trinajstić information content (AvgIpc) is 2.60. The molecule has 1 aromatic heterocycles. The van der Waals surface area contributed by atoms with Gasteiger partial charge in [0, 0.05) is 8.96 Å². The van der Waals surface area contributed by atoms with E-state index in [1.807, 2.05) is 13.0 Å². The fourth-order valence-corrected chi connectivity index (χ4v) is 3.68. The number of thiophene rings is 1. The van der Waals surface area contributed by atoms with Gasteiger partial charge in [-0.25, -0.2) is 0 Å². The molecular formula is C10H8ClIOS. The van der Waals surface area contributed by atoms with E-state index in [0.29, 0.717) is 11.6 Å². The monoisotopic (exact) mass is 338 g/mol. The molecule has 14 heavy (non-hydrogen) atoms. The second-order valence-corrected chi connectivity index (χ2v) is 5.25. The summed E-state index contributed by atoms with van der Waals surface area (Å²) >= 11 is 10.1. The Hall–Kier alpha value is -0.0000000000000000833. The lowest BCUT2D eigenvalue weighted by Crippen LogP contribution is -1.92. The molecule has 0 aliphatic carbocycles. The second-order valence-electron chi connectivity index (χ2n) is 2.77. The summed E-state index contributed by atoms with van der Waals surface area (Å²) in [6.07, 6.45) is 0. The molecule has 0 N–H and O–H groups in total. The van der Waals surface area contributed by atoms with Gasteiger partial charge in [0.2, 0.25) is 0 Å². The van der Waals surface area contributed by atoms with E-state index in [1.165, 1.54) is 8.96 Å². The standard InChI is InChI=1S/C10H8ClIOS/c1-2-13-9-7(11)5-8(12)6-3-4-14-10(6)9/h3-5H,2H2,1H3. The lowest BCUT2D eigenvalue weighted by molar-refractivity contribution is 0.345. The van der Waals surface area contributed by atoms with E-state index in [0.717, 1.165) is 10.4 Å². The molecular weight excluding hydrogens is 331 g/mol. The van der Waals surface area contributed by atoms with Crippen molar-refractivity contribution in [1.82, 2.24) is 0 Å². The van der Waals surface area contributed by atoms with Crippen LogP contribution >= 0.6 is 45.5 Å². The fourth-order valence-electron chi connectivity index (χ4n) is 1.32. The Bertz CT molecular complexity index is 466. The molecule has 2 aromatic rings. The molecule has 0 amide bonds. The highest BCUT2D eigenvalue weighted by atomic mass is 127. The lowest BCUT2D eigenvalue weighted by atomic mass is 10.2. The Labute approximate surface area is 105 Å². The lowest BCUT2D eigenvalue weighted by Gasteiger charge is -2.07. The summed E-state index contributed by atoms with van der Waals surface area (Å²) < 4.78 is 7.85. The van der Waals surface area contributed by atoms with Crippen LogP contribution in [0.4, 0.5) is 0 Å². The molecule has 0 spiro atoms. The minimum atomic E-state index is 0.646. The number of ether oxygens (including phenoxy) is 1. The van der Waals surface area contributed by atoms with Crippen LogP contribution in [0.15, 0.2) is 17.5 Å². The summed E-state index contributed by atoms with van der Waals surface area (Å²) in [6.45, 7) is 2.61. The van der Waals surface area contributed by atoms with E-state index in [1.54, 1.807) is 11.3 Å². The largest absolute Gasteiger partial charge is 0.491 e. The molecule has 0 saturated carbocycles. The summed E-state index contributed by atoms with van der Waals surface area (Å²) in [5, 5.41) is 3.99. The Morgan fingerprint density at radius 3 is 3.07 bits per heavy atom. The first-order valence-electron chi connectivity index (χ1n) is 4.22. The topological polar surface area (TPSA) is 9.23 Å². The molecule has 1 aromatic carbocycles. The van der Waals surface area contributed by atoms with Crippen LogP contribution < -0.4 is 4.74 Å². The van der Waals surface area contributed by atoms with Crippen LogP contribution in [-0.2, 0) is 0 Å². The highest BCUT2D eigenvalue weighted by Gasteiger charge is 2.11. The summed E-state index contributed by atoms with van der Waals surface area (Å²) in [6, 6.07) is 4.04. The number of halogens is 2. The highest BCUT2D eigenvalue weighted by molar-refractivity contribution is 14.1. The Morgan fingerprint density at radius 2 is 2.36 bits per heavy atom. The summed E-state index contributed by atoms with van der Waals surface area (Å²) in [4.78, 5) is 0. The van der Waals surface area contributed by atoms with Gasteiger partial charge in [0.1, 0.15) is 0 Å². The number of hydrogen-bond donors (Lipinski definition) is 0. The normalized spacial score (nSPS) is 10.8.